The second-order valence-electron chi connectivity index (χ2n) is 3.08. The van der Waals surface area contributed by atoms with Gasteiger partial charge in [0.1, 0.15) is 0 Å². The van der Waals surface area contributed by atoms with Crippen LogP contribution in [0.2, 0.25) is 0 Å². The predicted molar refractivity (Wildman–Crippen MR) is 73.1 cm³/mol. The van der Waals surface area contributed by atoms with E-state index in [4.69, 9.17) is 21.6 Å². The van der Waals surface area contributed by atoms with Crippen molar-refractivity contribution in [1.29, 1.82) is 5.41 Å². The van der Waals surface area contributed by atoms with Crippen LogP contribution >= 0.6 is 23.1 Å². The third kappa shape index (κ3) is 5.55. The van der Waals surface area contributed by atoms with Gasteiger partial charge in [-0.15, -0.1) is 0 Å². The SMILES string of the molecule is COC(=N)CCSCc1cnc(N=C(N)N)s1. The van der Waals surface area contributed by atoms with Gasteiger partial charge in [0, 0.05) is 29.0 Å². The third-order valence-corrected chi connectivity index (χ3v) is 3.81. The fourth-order valence-electron chi connectivity index (χ4n) is 0.966. The zero-order valence-corrected chi connectivity index (χ0v) is 11.1. The van der Waals surface area contributed by atoms with Crippen LogP contribution in [0.25, 0.3) is 0 Å². The first kappa shape index (κ1) is 13.8. The van der Waals surface area contributed by atoms with Crippen molar-refractivity contribution in [3.05, 3.63) is 11.1 Å². The molecule has 1 aromatic rings. The van der Waals surface area contributed by atoms with Gasteiger partial charge in [0.2, 0.25) is 5.13 Å². The summed E-state index contributed by atoms with van der Waals surface area (Å²) < 4.78 is 4.77. The fraction of sp³-hybridized carbons (Fsp3) is 0.444. The summed E-state index contributed by atoms with van der Waals surface area (Å²) in [7, 11) is 1.51. The van der Waals surface area contributed by atoms with E-state index in [9.17, 15) is 0 Å². The van der Waals surface area contributed by atoms with Crippen LogP contribution in [0.15, 0.2) is 11.2 Å². The highest BCUT2D eigenvalue weighted by Crippen LogP contribution is 2.24. The van der Waals surface area contributed by atoms with Crippen LogP contribution in [-0.4, -0.2) is 29.7 Å². The van der Waals surface area contributed by atoms with Crippen molar-refractivity contribution in [3.8, 4) is 0 Å². The summed E-state index contributed by atoms with van der Waals surface area (Å²) in [6, 6.07) is 0. The molecule has 0 radical (unpaired) electrons. The summed E-state index contributed by atoms with van der Waals surface area (Å²) in [6.07, 6.45) is 2.40. The highest BCUT2D eigenvalue weighted by atomic mass is 32.2. The molecule has 0 saturated heterocycles. The number of aromatic nitrogens is 1. The molecule has 17 heavy (non-hydrogen) atoms. The third-order valence-electron chi connectivity index (χ3n) is 1.73. The van der Waals surface area contributed by atoms with E-state index in [0.29, 0.717) is 17.5 Å². The van der Waals surface area contributed by atoms with Crippen molar-refractivity contribution in [3.63, 3.8) is 0 Å². The number of nitrogens with zero attached hydrogens (tertiary/aromatic N) is 2. The van der Waals surface area contributed by atoms with Crippen molar-refractivity contribution < 1.29 is 4.74 Å². The molecule has 0 aromatic carbocycles. The number of hydrogen-bond donors (Lipinski definition) is 3. The lowest BCUT2D eigenvalue weighted by Crippen LogP contribution is -2.21. The first-order chi connectivity index (χ1) is 8.11. The second kappa shape index (κ2) is 7.13. The Hall–Kier alpha value is -1.28. The Morgan fingerprint density at radius 1 is 1.65 bits per heavy atom. The average molecular weight is 273 g/mol. The number of nitrogens with two attached hydrogens (primary N) is 2. The Balaban J connectivity index is 2.30. The lowest BCUT2D eigenvalue weighted by Gasteiger charge is -2.00. The molecule has 0 fully saturated rings. The molecule has 1 aromatic heterocycles. The van der Waals surface area contributed by atoms with Gasteiger partial charge in [-0.2, -0.15) is 16.8 Å². The maximum atomic E-state index is 7.31. The number of thiazole rings is 1. The van der Waals surface area contributed by atoms with Crippen molar-refractivity contribution in [1.82, 2.24) is 4.98 Å². The van der Waals surface area contributed by atoms with Crippen LogP contribution in [0.1, 0.15) is 11.3 Å². The highest BCUT2D eigenvalue weighted by Gasteiger charge is 2.02. The van der Waals surface area contributed by atoms with Gasteiger partial charge >= 0.3 is 0 Å². The molecule has 6 nitrogen and oxygen atoms in total. The van der Waals surface area contributed by atoms with Crippen molar-refractivity contribution in [2.45, 2.75) is 12.2 Å². The molecular weight excluding hydrogens is 258 g/mol. The van der Waals surface area contributed by atoms with E-state index in [1.54, 1.807) is 18.0 Å². The molecule has 0 spiro atoms. The Kier molecular flexibility index (Phi) is 5.78. The predicted octanol–water partition coefficient (Wildman–Crippen LogP) is 1.29. The minimum atomic E-state index is 0.0205. The number of thioether (sulfide) groups is 1. The number of guanidine groups is 1. The highest BCUT2D eigenvalue weighted by molar-refractivity contribution is 7.98. The zero-order valence-electron chi connectivity index (χ0n) is 9.47. The van der Waals surface area contributed by atoms with E-state index in [1.165, 1.54) is 18.4 Å². The smallest absolute Gasteiger partial charge is 0.212 e. The molecule has 1 heterocycles. The molecule has 0 atom stereocenters. The van der Waals surface area contributed by atoms with E-state index in [0.717, 1.165) is 16.4 Å². The van der Waals surface area contributed by atoms with Crippen LogP contribution in [0, 0.1) is 5.41 Å². The molecule has 0 aliphatic heterocycles. The summed E-state index contributed by atoms with van der Waals surface area (Å²) in [5, 5.41) is 7.88. The first-order valence-electron chi connectivity index (χ1n) is 4.85. The number of hydrogen-bond acceptors (Lipinski definition) is 6. The van der Waals surface area contributed by atoms with E-state index in [1.807, 2.05) is 0 Å². The van der Waals surface area contributed by atoms with E-state index in [2.05, 4.69) is 9.98 Å². The molecule has 0 unspecified atom stereocenters. The first-order valence-corrected chi connectivity index (χ1v) is 6.82. The lowest BCUT2D eigenvalue weighted by molar-refractivity contribution is 0.389. The van der Waals surface area contributed by atoms with Gasteiger partial charge in [-0.3, -0.25) is 5.41 Å². The lowest BCUT2D eigenvalue weighted by atomic mass is 10.5. The minimum absolute atomic E-state index is 0.0205. The monoisotopic (exact) mass is 273 g/mol. The quantitative estimate of drug-likeness (QED) is 0.411. The molecule has 5 N–H and O–H groups in total. The van der Waals surface area contributed by atoms with Gasteiger partial charge in [0.05, 0.1) is 7.11 Å². The maximum absolute atomic E-state index is 7.31. The number of rotatable bonds is 6. The Morgan fingerprint density at radius 3 is 3.06 bits per heavy atom. The molecule has 0 aliphatic carbocycles. The normalized spacial score (nSPS) is 9.94. The summed E-state index contributed by atoms with van der Waals surface area (Å²) in [6.45, 7) is 0. The number of ether oxygens (including phenoxy) is 1. The largest absolute Gasteiger partial charge is 0.484 e. The summed E-state index contributed by atoms with van der Waals surface area (Å²) in [5.41, 5.74) is 10.5. The van der Waals surface area contributed by atoms with E-state index in [-0.39, 0.29) is 5.96 Å². The molecule has 0 saturated carbocycles. The topological polar surface area (TPSA) is 110 Å². The van der Waals surface area contributed by atoms with Crippen LogP contribution in [0.4, 0.5) is 5.13 Å². The van der Waals surface area contributed by atoms with Crippen LogP contribution in [0.3, 0.4) is 0 Å². The number of methoxy groups -OCH3 is 1. The average Bonchev–Trinajstić information content (AvgIpc) is 2.70. The maximum Gasteiger partial charge on any atom is 0.212 e. The zero-order chi connectivity index (χ0) is 12.7. The summed E-state index contributed by atoms with van der Waals surface area (Å²) in [4.78, 5) is 9.05. The van der Waals surface area contributed by atoms with Crippen LogP contribution in [0.5, 0.6) is 0 Å². The van der Waals surface area contributed by atoms with Gasteiger partial charge in [-0.05, 0) is 0 Å². The molecule has 94 valence electrons. The summed E-state index contributed by atoms with van der Waals surface area (Å²) in [5.74, 6) is 2.02. The summed E-state index contributed by atoms with van der Waals surface area (Å²) >= 11 is 3.18. The van der Waals surface area contributed by atoms with Gasteiger partial charge in [-0.25, -0.2) is 4.98 Å². The minimum Gasteiger partial charge on any atom is -0.484 e. The number of aliphatic imine (C=N–C) groups is 1. The molecule has 1 rings (SSSR count). The Morgan fingerprint density at radius 2 is 2.41 bits per heavy atom. The van der Waals surface area contributed by atoms with Gasteiger partial charge < -0.3 is 16.2 Å². The van der Waals surface area contributed by atoms with Gasteiger partial charge in [0.25, 0.3) is 0 Å². The molecule has 0 aliphatic rings. The molecule has 8 heteroatoms. The Labute approximate surface area is 108 Å². The van der Waals surface area contributed by atoms with Crippen molar-refractivity contribution in [2.75, 3.05) is 12.9 Å². The number of nitrogens with one attached hydrogen (secondary N) is 1. The second-order valence-corrected chi connectivity index (χ2v) is 5.27. The standard InChI is InChI=1S/C9H15N5OS2/c1-15-7(10)2-3-16-5-6-4-13-9(17-6)14-8(11)12/h4,10H,2-3,5H2,1H3,(H4,11,12,13,14). The molecule has 0 amide bonds. The Bertz CT molecular complexity index is 400. The van der Waals surface area contributed by atoms with E-state index >= 15 is 0 Å². The fourth-order valence-corrected chi connectivity index (χ4v) is 2.80. The van der Waals surface area contributed by atoms with Crippen molar-refractivity contribution >= 4 is 40.1 Å². The van der Waals surface area contributed by atoms with Crippen LogP contribution < -0.4 is 11.5 Å². The van der Waals surface area contributed by atoms with E-state index < -0.39 is 0 Å². The van der Waals surface area contributed by atoms with Gasteiger partial charge in [-0.1, -0.05) is 11.3 Å². The van der Waals surface area contributed by atoms with Crippen molar-refractivity contribution in [2.24, 2.45) is 16.5 Å². The van der Waals surface area contributed by atoms with Crippen LogP contribution in [-0.2, 0) is 10.5 Å². The molecular formula is C9H15N5OS2. The van der Waals surface area contributed by atoms with Gasteiger partial charge in [0.15, 0.2) is 11.9 Å². The molecule has 0 bridgehead atoms.